The van der Waals surface area contributed by atoms with Crippen molar-refractivity contribution in [3.63, 3.8) is 0 Å². The fraction of sp³-hybridized carbons (Fsp3) is 0.0952. The zero-order valence-corrected chi connectivity index (χ0v) is 13.7. The number of carbonyl (C=O) groups excluding carboxylic acids is 1. The number of furan rings is 1. The Morgan fingerprint density at radius 2 is 1.67 bits per heavy atom. The summed E-state index contributed by atoms with van der Waals surface area (Å²) in [5.74, 6) is 0.479. The van der Waals surface area contributed by atoms with E-state index >= 15 is 0 Å². The van der Waals surface area contributed by atoms with Crippen LogP contribution >= 0.6 is 0 Å². The van der Waals surface area contributed by atoms with Gasteiger partial charge in [0.1, 0.15) is 5.76 Å². The van der Waals surface area contributed by atoms with Crippen LogP contribution in [0.25, 0.3) is 11.6 Å². The van der Waals surface area contributed by atoms with Crippen LogP contribution in [0.5, 0.6) is 0 Å². The van der Waals surface area contributed by atoms with Crippen molar-refractivity contribution < 1.29 is 9.21 Å². The van der Waals surface area contributed by atoms with Gasteiger partial charge in [0.05, 0.1) is 11.8 Å². The zero-order chi connectivity index (χ0) is 16.9. The zero-order valence-electron chi connectivity index (χ0n) is 13.7. The first-order chi connectivity index (χ1) is 11.6. The molecule has 2 aromatic carbocycles. The van der Waals surface area contributed by atoms with Gasteiger partial charge in [0, 0.05) is 5.69 Å². The van der Waals surface area contributed by atoms with Crippen LogP contribution in [0.4, 0.5) is 5.69 Å². The molecule has 0 bridgehead atoms. The van der Waals surface area contributed by atoms with E-state index in [0.717, 1.165) is 22.4 Å². The van der Waals surface area contributed by atoms with E-state index < -0.39 is 0 Å². The van der Waals surface area contributed by atoms with E-state index in [4.69, 9.17) is 4.42 Å². The van der Waals surface area contributed by atoms with E-state index in [1.54, 1.807) is 18.4 Å². The first kappa shape index (κ1) is 15.8. The Morgan fingerprint density at radius 3 is 2.29 bits per heavy atom. The van der Waals surface area contributed by atoms with Gasteiger partial charge in [0.25, 0.3) is 5.91 Å². The fourth-order valence-corrected chi connectivity index (χ4v) is 2.66. The molecule has 0 aliphatic carbocycles. The van der Waals surface area contributed by atoms with Crippen LogP contribution in [-0.2, 0) is 4.79 Å². The smallest absolute Gasteiger partial charge is 0.256 e. The summed E-state index contributed by atoms with van der Waals surface area (Å²) in [5.41, 5.74) is 4.42. The van der Waals surface area contributed by atoms with Gasteiger partial charge in [0.15, 0.2) is 0 Å². The highest BCUT2D eigenvalue weighted by Gasteiger charge is 2.13. The van der Waals surface area contributed by atoms with Gasteiger partial charge in [-0.25, -0.2) is 0 Å². The van der Waals surface area contributed by atoms with Gasteiger partial charge in [-0.05, 0) is 60.9 Å². The molecule has 3 rings (SSSR count). The van der Waals surface area contributed by atoms with Gasteiger partial charge in [-0.1, -0.05) is 36.4 Å². The Kier molecular flexibility index (Phi) is 4.62. The van der Waals surface area contributed by atoms with Crippen LogP contribution in [0, 0.1) is 13.8 Å². The molecule has 24 heavy (non-hydrogen) atoms. The Balaban J connectivity index is 1.95. The number of nitrogens with one attached hydrogen (secondary N) is 1. The van der Waals surface area contributed by atoms with Gasteiger partial charge in [0.2, 0.25) is 0 Å². The Morgan fingerprint density at radius 1 is 0.958 bits per heavy atom. The number of amides is 1. The number of anilines is 1. The molecule has 3 heteroatoms. The van der Waals surface area contributed by atoms with E-state index in [1.807, 2.05) is 62.4 Å². The molecule has 0 aliphatic rings. The van der Waals surface area contributed by atoms with Crippen molar-refractivity contribution in [3.05, 3.63) is 89.4 Å². The van der Waals surface area contributed by atoms with E-state index in [0.29, 0.717) is 11.3 Å². The molecule has 0 fully saturated rings. The second-order valence-corrected chi connectivity index (χ2v) is 5.77. The molecule has 0 saturated carbocycles. The van der Waals surface area contributed by atoms with Crippen molar-refractivity contribution in [3.8, 4) is 0 Å². The molecule has 1 N–H and O–H groups in total. The second-order valence-electron chi connectivity index (χ2n) is 5.77. The minimum absolute atomic E-state index is 0.164. The maximum Gasteiger partial charge on any atom is 0.256 e. The highest BCUT2D eigenvalue weighted by Crippen LogP contribution is 2.22. The molecule has 0 aliphatic heterocycles. The van der Waals surface area contributed by atoms with E-state index in [-0.39, 0.29) is 5.91 Å². The predicted octanol–water partition coefficient (Wildman–Crippen LogP) is 5.08. The molecule has 3 nitrogen and oxygen atoms in total. The molecule has 1 amide bonds. The molecular formula is C21H19NO2. The molecule has 3 aromatic rings. The maximum atomic E-state index is 12.8. The van der Waals surface area contributed by atoms with Crippen molar-refractivity contribution in [2.45, 2.75) is 13.8 Å². The Labute approximate surface area is 141 Å². The lowest BCUT2D eigenvalue weighted by Crippen LogP contribution is -2.13. The first-order valence-corrected chi connectivity index (χ1v) is 7.82. The SMILES string of the molecule is Cc1cc(C)cc(NC(=O)/C(=C/c2ccco2)c2ccccc2)c1. The van der Waals surface area contributed by atoms with Crippen molar-refractivity contribution in [1.82, 2.24) is 0 Å². The monoisotopic (exact) mass is 317 g/mol. The van der Waals surface area contributed by atoms with Gasteiger partial charge in [-0.15, -0.1) is 0 Å². The Bertz CT molecular complexity index is 842. The van der Waals surface area contributed by atoms with Gasteiger partial charge in [-0.2, -0.15) is 0 Å². The summed E-state index contributed by atoms with van der Waals surface area (Å²) in [6, 6.07) is 19.2. The van der Waals surface area contributed by atoms with Crippen LogP contribution in [0.15, 0.2) is 71.3 Å². The van der Waals surface area contributed by atoms with Gasteiger partial charge < -0.3 is 9.73 Å². The van der Waals surface area contributed by atoms with Crippen LogP contribution in [0.2, 0.25) is 0 Å². The molecule has 0 atom stereocenters. The third kappa shape index (κ3) is 3.82. The third-order valence-electron chi connectivity index (χ3n) is 3.64. The average Bonchev–Trinajstić information content (AvgIpc) is 3.05. The molecule has 0 radical (unpaired) electrons. The van der Waals surface area contributed by atoms with E-state index in [1.165, 1.54) is 0 Å². The van der Waals surface area contributed by atoms with Crippen molar-refractivity contribution in [2.24, 2.45) is 0 Å². The number of carbonyl (C=O) groups is 1. The molecule has 0 unspecified atom stereocenters. The summed E-state index contributed by atoms with van der Waals surface area (Å²) in [7, 11) is 0. The molecule has 1 aromatic heterocycles. The lowest BCUT2D eigenvalue weighted by atomic mass is 10.0. The third-order valence-corrected chi connectivity index (χ3v) is 3.64. The summed E-state index contributed by atoms with van der Waals surface area (Å²) in [4.78, 5) is 12.8. The summed E-state index contributed by atoms with van der Waals surface area (Å²) >= 11 is 0. The van der Waals surface area contributed by atoms with Crippen LogP contribution in [-0.4, -0.2) is 5.91 Å². The predicted molar refractivity (Wildman–Crippen MR) is 97.6 cm³/mol. The number of rotatable bonds is 4. The first-order valence-electron chi connectivity index (χ1n) is 7.82. The standard InChI is InChI=1S/C21H19NO2/c1-15-11-16(2)13-18(12-15)22-21(23)20(14-19-9-6-10-24-19)17-7-4-3-5-8-17/h3-14H,1-2H3,(H,22,23)/b20-14+. The van der Waals surface area contributed by atoms with E-state index in [2.05, 4.69) is 11.4 Å². The molecular weight excluding hydrogens is 298 g/mol. The quantitative estimate of drug-likeness (QED) is 0.682. The summed E-state index contributed by atoms with van der Waals surface area (Å²) in [6.07, 6.45) is 3.35. The number of hydrogen-bond donors (Lipinski definition) is 1. The minimum atomic E-state index is -0.164. The molecule has 1 heterocycles. The molecule has 120 valence electrons. The number of benzene rings is 2. The largest absolute Gasteiger partial charge is 0.465 e. The fourth-order valence-electron chi connectivity index (χ4n) is 2.66. The minimum Gasteiger partial charge on any atom is -0.465 e. The summed E-state index contributed by atoms with van der Waals surface area (Å²) < 4.78 is 5.37. The lowest BCUT2D eigenvalue weighted by Gasteiger charge is -2.11. The topological polar surface area (TPSA) is 42.2 Å². The number of aryl methyl sites for hydroxylation is 2. The van der Waals surface area contributed by atoms with Crippen molar-refractivity contribution in [1.29, 1.82) is 0 Å². The van der Waals surface area contributed by atoms with Gasteiger partial charge >= 0.3 is 0 Å². The van der Waals surface area contributed by atoms with Gasteiger partial charge in [-0.3, -0.25) is 4.79 Å². The van der Waals surface area contributed by atoms with Crippen LogP contribution in [0.1, 0.15) is 22.5 Å². The second kappa shape index (κ2) is 7.01. The molecule has 0 spiro atoms. The average molecular weight is 317 g/mol. The van der Waals surface area contributed by atoms with Crippen LogP contribution in [0.3, 0.4) is 0 Å². The molecule has 0 saturated heterocycles. The Hall–Kier alpha value is -3.07. The van der Waals surface area contributed by atoms with Crippen LogP contribution < -0.4 is 5.32 Å². The maximum absolute atomic E-state index is 12.8. The number of hydrogen-bond acceptors (Lipinski definition) is 2. The van der Waals surface area contributed by atoms with E-state index in [9.17, 15) is 4.79 Å². The highest BCUT2D eigenvalue weighted by molar-refractivity contribution is 6.29. The summed E-state index contributed by atoms with van der Waals surface area (Å²) in [6.45, 7) is 4.03. The highest BCUT2D eigenvalue weighted by atomic mass is 16.3. The lowest BCUT2D eigenvalue weighted by molar-refractivity contribution is -0.111. The van der Waals surface area contributed by atoms with Crippen molar-refractivity contribution >= 4 is 23.2 Å². The normalized spacial score (nSPS) is 11.3. The van der Waals surface area contributed by atoms with Crippen molar-refractivity contribution in [2.75, 3.05) is 5.32 Å². The summed E-state index contributed by atoms with van der Waals surface area (Å²) in [5, 5.41) is 2.99.